The van der Waals surface area contributed by atoms with Gasteiger partial charge in [-0.15, -0.1) is 0 Å². The Morgan fingerprint density at radius 1 is 1.29 bits per heavy atom. The number of ether oxygens (including phenoxy) is 1. The van der Waals surface area contributed by atoms with E-state index in [9.17, 15) is 19.4 Å². The normalized spacial score (nSPS) is 14.4. The Balaban J connectivity index is 2.38. The highest BCUT2D eigenvalue weighted by molar-refractivity contribution is 5.67. The lowest BCUT2D eigenvalue weighted by Crippen LogP contribution is -2.34. The molecule has 3 N–H and O–H groups in total. The highest BCUT2D eigenvalue weighted by Crippen LogP contribution is 2.19. The largest absolute Gasteiger partial charge is 0.444 e. The van der Waals surface area contributed by atoms with Gasteiger partial charge in [0.25, 0.3) is 0 Å². The summed E-state index contributed by atoms with van der Waals surface area (Å²) in [5.41, 5.74) is -0.169. The highest BCUT2D eigenvalue weighted by Gasteiger charge is 2.19. The van der Waals surface area contributed by atoms with Gasteiger partial charge in [0, 0.05) is 6.54 Å². The molecule has 118 valence electrons. The summed E-state index contributed by atoms with van der Waals surface area (Å²) in [6.45, 7) is 5.41. The number of hydrogen-bond acceptors (Lipinski definition) is 4. The number of halogens is 1. The van der Waals surface area contributed by atoms with E-state index in [4.69, 9.17) is 4.74 Å². The molecule has 0 aromatic heterocycles. The van der Waals surface area contributed by atoms with Crippen LogP contribution < -0.4 is 5.32 Å². The van der Waals surface area contributed by atoms with Crippen molar-refractivity contribution in [3.05, 3.63) is 35.6 Å². The number of carbonyl (C=O) groups is 1. The fourth-order valence-corrected chi connectivity index (χ4v) is 1.68. The number of rotatable bonds is 5. The zero-order valence-corrected chi connectivity index (χ0v) is 12.5. The minimum Gasteiger partial charge on any atom is -0.444 e. The van der Waals surface area contributed by atoms with Gasteiger partial charge < -0.3 is 20.3 Å². The van der Waals surface area contributed by atoms with Gasteiger partial charge in [-0.05, 0) is 44.9 Å². The molecule has 2 unspecified atom stereocenters. The third-order valence-corrected chi connectivity index (χ3v) is 2.68. The first-order valence-electron chi connectivity index (χ1n) is 6.77. The second-order valence-corrected chi connectivity index (χ2v) is 5.78. The molecule has 0 bridgehead atoms. The Labute approximate surface area is 123 Å². The zero-order chi connectivity index (χ0) is 16.0. The van der Waals surface area contributed by atoms with Crippen LogP contribution in [0, 0.1) is 5.82 Å². The molecule has 0 saturated heterocycles. The van der Waals surface area contributed by atoms with Crippen LogP contribution in [0.15, 0.2) is 24.3 Å². The lowest BCUT2D eigenvalue weighted by Gasteiger charge is -2.21. The van der Waals surface area contributed by atoms with E-state index in [1.165, 1.54) is 24.3 Å². The molecule has 0 heterocycles. The van der Waals surface area contributed by atoms with Gasteiger partial charge in [0.05, 0.1) is 6.10 Å². The van der Waals surface area contributed by atoms with Crippen molar-refractivity contribution in [2.45, 2.75) is 45.0 Å². The Kier molecular flexibility index (Phi) is 6.11. The van der Waals surface area contributed by atoms with E-state index in [2.05, 4.69) is 5.32 Å². The van der Waals surface area contributed by atoms with Gasteiger partial charge in [-0.2, -0.15) is 0 Å². The monoisotopic (exact) mass is 299 g/mol. The van der Waals surface area contributed by atoms with Crippen LogP contribution in [-0.4, -0.2) is 34.6 Å². The Morgan fingerprint density at radius 2 is 1.86 bits per heavy atom. The molecule has 0 fully saturated rings. The lowest BCUT2D eigenvalue weighted by molar-refractivity contribution is 0.0123. The number of aliphatic hydroxyl groups is 2. The van der Waals surface area contributed by atoms with Crippen LogP contribution in [0.25, 0.3) is 0 Å². The molecular formula is C15H22FNO4. The number of hydrogen-bond donors (Lipinski definition) is 3. The van der Waals surface area contributed by atoms with Gasteiger partial charge in [0.15, 0.2) is 0 Å². The minimum absolute atomic E-state index is 0.151. The molecule has 0 spiro atoms. The summed E-state index contributed by atoms with van der Waals surface area (Å²) >= 11 is 0. The first-order chi connectivity index (χ1) is 9.69. The van der Waals surface area contributed by atoms with Crippen LogP contribution in [0.5, 0.6) is 0 Å². The van der Waals surface area contributed by atoms with Gasteiger partial charge in [-0.25, -0.2) is 9.18 Å². The molecule has 1 rings (SSSR count). The van der Waals surface area contributed by atoms with Crippen LogP contribution in [0.4, 0.5) is 9.18 Å². The van der Waals surface area contributed by atoms with Crippen LogP contribution in [0.2, 0.25) is 0 Å². The average Bonchev–Trinajstić information content (AvgIpc) is 2.36. The summed E-state index contributed by atoms with van der Waals surface area (Å²) in [5.74, 6) is -0.410. The first kappa shape index (κ1) is 17.4. The van der Waals surface area contributed by atoms with E-state index in [0.29, 0.717) is 5.56 Å². The van der Waals surface area contributed by atoms with Crippen molar-refractivity contribution in [2.75, 3.05) is 6.54 Å². The molecule has 21 heavy (non-hydrogen) atoms. The molecule has 0 aliphatic carbocycles. The molecule has 1 aromatic rings. The highest BCUT2D eigenvalue weighted by atomic mass is 19.1. The lowest BCUT2D eigenvalue weighted by atomic mass is 10.0. The third-order valence-electron chi connectivity index (χ3n) is 2.68. The van der Waals surface area contributed by atoms with Crippen LogP contribution >= 0.6 is 0 Å². The molecule has 5 nitrogen and oxygen atoms in total. The molecule has 2 atom stereocenters. The average molecular weight is 299 g/mol. The predicted octanol–water partition coefficient (Wildman–Crippen LogP) is 2.13. The van der Waals surface area contributed by atoms with E-state index in [1.54, 1.807) is 20.8 Å². The summed E-state index contributed by atoms with van der Waals surface area (Å²) < 4.78 is 17.8. The molecule has 0 saturated carbocycles. The second-order valence-electron chi connectivity index (χ2n) is 5.78. The minimum atomic E-state index is -1.13. The number of benzene rings is 1. The van der Waals surface area contributed by atoms with Gasteiger partial charge in [0.2, 0.25) is 0 Å². The topological polar surface area (TPSA) is 78.8 Å². The molecule has 1 amide bonds. The maximum Gasteiger partial charge on any atom is 0.407 e. The predicted molar refractivity (Wildman–Crippen MR) is 76.2 cm³/mol. The van der Waals surface area contributed by atoms with Crippen molar-refractivity contribution >= 4 is 6.09 Å². The molecule has 0 aliphatic heterocycles. The van der Waals surface area contributed by atoms with E-state index < -0.39 is 29.7 Å². The van der Waals surface area contributed by atoms with Crippen LogP contribution in [0.3, 0.4) is 0 Å². The Bertz CT molecular complexity index is 456. The standard InChI is InChI=1S/C15H22FNO4/c1-15(2,3)21-14(20)17-9-8-12(18)13(19)10-4-6-11(16)7-5-10/h4-7,12-13,18-19H,8-9H2,1-3H3,(H,17,20). The smallest absolute Gasteiger partial charge is 0.407 e. The fourth-order valence-electron chi connectivity index (χ4n) is 1.68. The number of alkyl carbamates (subject to hydrolysis) is 1. The van der Waals surface area contributed by atoms with Crippen molar-refractivity contribution in [3.63, 3.8) is 0 Å². The number of nitrogens with one attached hydrogen (secondary N) is 1. The summed E-state index contributed by atoms with van der Waals surface area (Å²) in [7, 11) is 0. The molecule has 6 heteroatoms. The molecule has 0 radical (unpaired) electrons. The Morgan fingerprint density at radius 3 is 2.38 bits per heavy atom. The number of amides is 1. The van der Waals surface area contributed by atoms with E-state index in [-0.39, 0.29) is 13.0 Å². The van der Waals surface area contributed by atoms with Gasteiger partial charge in [-0.1, -0.05) is 12.1 Å². The van der Waals surface area contributed by atoms with Gasteiger partial charge in [-0.3, -0.25) is 0 Å². The molecule has 0 aliphatic rings. The zero-order valence-electron chi connectivity index (χ0n) is 12.5. The summed E-state index contributed by atoms with van der Waals surface area (Å²) in [5, 5.41) is 22.3. The SMILES string of the molecule is CC(C)(C)OC(=O)NCCC(O)C(O)c1ccc(F)cc1. The number of aliphatic hydroxyl groups excluding tert-OH is 2. The van der Waals surface area contributed by atoms with Crippen molar-refractivity contribution in [1.82, 2.24) is 5.32 Å². The van der Waals surface area contributed by atoms with Crippen molar-refractivity contribution in [1.29, 1.82) is 0 Å². The number of carbonyl (C=O) groups excluding carboxylic acids is 1. The summed E-state index contributed by atoms with van der Waals surface area (Å²) in [6, 6.07) is 5.24. The van der Waals surface area contributed by atoms with E-state index in [1.807, 2.05) is 0 Å². The second kappa shape index (κ2) is 7.38. The fraction of sp³-hybridized carbons (Fsp3) is 0.533. The van der Waals surface area contributed by atoms with Gasteiger partial charge in [0.1, 0.15) is 17.5 Å². The van der Waals surface area contributed by atoms with Gasteiger partial charge >= 0.3 is 6.09 Å². The Hall–Kier alpha value is -1.66. The summed E-state index contributed by atoms with van der Waals surface area (Å²) in [6.07, 6.45) is -2.62. The summed E-state index contributed by atoms with van der Waals surface area (Å²) in [4.78, 5) is 11.4. The first-order valence-corrected chi connectivity index (χ1v) is 6.77. The molecular weight excluding hydrogens is 277 g/mol. The van der Waals surface area contributed by atoms with Crippen molar-refractivity contribution < 1.29 is 24.1 Å². The van der Waals surface area contributed by atoms with E-state index in [0.717, 1.165) is 0 Å². The van der Waals surface area contributed by atoms with Crippen molar-refractivity contribution in [2.24, 2.45) is 0 Å². The third kappa shape index (κ3) is 6.55. The maximum absolute atomic E-state index is 12.8. The van der Waals surface area contributed by atoms with Crippen LogP contribution in [-0.2, 0) is 4.74 Å². The van der Waals surface area contributed by atoms with E-state index >= 15 is 0 Å². The maximum atomic E-state index is 12.8. The quantitative estimate of drug-likeness (QED) is 0.778. The van der Waals surface area contributed by atoms with Crippen LogP contribution in [0.1, 0.15) is 38.9 Å². The van der Waals surface area contributed by atoms with Crippen molar-refractivity contribution in [3.8, 4) is 0 Å². The molecule has 1 aromatic carbocycles.